The molecule has 1 N–H and O–H groups in total. The first-order valence-electron chi connectivity index (χ1n) is 9.30. The van der Waals surface area contributed by atoms with Crippen LogP contribution < -0.4 is 10.2 Å². The molecular formula is C22H17F3N2O2S. The van der Waals surface area contributed by atoms with E-state index < -0.39 is 11.7 Å². The first kappa shape index (κ1) is 20.2. The third-order valence-electron chi connectivity index (χ3n) is 4.88. The number of hydrogen-bond donors (Lipinski definition) is 1. The van der Waals surface area contributed by atoms with Crippen LogP contribution in [0, 0.1) is 0 Å². The molecule has 30 heavy (non-hydrogen) atoms. The normalized spacial score (nSPS) is 13.6. The van der Waals surface area contributed by atoms with Crippen molar-refractivity contribution in [2.24, 2.45) is 0 Å². The van der Waals surface area contributed by atoms with Gasteiger partial charge in [-0.3, -0.25) is 9.59 Å². The number of hydrogen-bond acceptors (Lipinski definition) is 3. The molecule has 0 saturated carbocycles. The molecule has 1 aliphatic rings. The smallest absolute Gasteiger partial charge is 0.321 e. The van der Waals surface area contributed by atoms with Gasteiger partial charge in [0.05, 0.1) is 10.4 Å². The number of thiophene rings is 1. The highest BCUT2D eigenvalue weighted by atomic mass is 32.1. The molecule has 2 amide bonds. The highest BCUT2D eigenvalue weighted by Crippen LogP contribution is 2.35. The molecule has 8 heteroatoms. The fourth-order valence-corrected chi connectivity index (χ4v) is 4.09. The van der Waals surface area contributed by atoms with Gasteiger partial charge >= 0.3 is 6.18 Å². The van der Waals surface area contributed by atoms with Crippen molar-refractivity contribution in [3.8, 4) is 0 Å². The first-order valence-corrected chi connectivity index (χ1v) is 10.2. The van der Waals surface area contributed by atoms with Crippen LogP contribution in [0.5, 0.6) is 0 Å². The largest absolute Gasteiger partial charge is 0.416 e. The lowest BCUT2D eigenvalue weighted by atomic mass is 9.98. The zero-order chi connectivity index (χ0) is 21.3. The molecule has 1 aliphatic heterocycles. The zero-order valence-corrected chi connectivity index (χ0v) is 16.5. The summed E-state index contributed by atoms with van der Waals surface area (Å²) in [6, 6.07) is 13.5. The fraction of sp³-hybridized carbons (Fsp3) is 0.182. The van der Waals surface area contributed by atoms with Crippen LogP contribution in [0.25, 0.3) is 0 Å². The molecule has 154 valence electrons. The Morgan fingerprint density at radius 3 is 2.60 bits per heavy atom. The highest BCUT2D eigenvalue weighted by Gasteiger charge is 2.32. The Morgan fingerprint density at radius 2 is 1.87 bits per heavy atom. The highest BCUT2D eigenvalue weighted by molar-refractivity contribution is 7.12. The number of benzene rings is 2. The summed E-state index contributed by atoms with van der Waals surface area (Å²) in [5.41, 5.74) is 1.11. The Bertz CT molecular complexity index is 1090. The van der Waals surface area contributed by atoms with Crippen molar-refractivity contribution in [3.63, 3.8) is 0 Å². The SMILES string of the molecule is O=C(Nc1cccc(C(=O)N2CCCc3cc(C(F)(F)F)ccc32)c1)c1cccs1. The Kier molecular flexibility index (Phi) is 5.34. The Hall–Kier alpha value is -3.13. The fourth-order valence-electron chi connectivity index (χ4n) is 3.47. The molecule has 0 bridgehead atoms. The second-order valence-corrected chi connectivity index (χ2v) is 7.86. The van der Waals surface area contributed by atoms with E-state index in [4.69, 9.17) is 0 Å². The molecule has 0 saturated heterocycles. The maximum Gasteiger partial charge on any atom is 0.416 e. The van der Waals surface area contributed by atoms with Gasteiger partial charge in [-0.05, 0) is 66.2 Å². The molecular weight excluding hydrogens is 413 g/mol. The molecule has 0 unspecified atom stereocenters. The Morgan fingerprint density at radius 1 is 1.03 bits per heavy atom. The van der Waals surface area contributed by atoms with Gasteiger partial charge in [0, 0.05) is 23.5 Å². The Labute approximate surface area is 174 Å². The van der Waals surface area contributed by atoms with Crippen molar-refractivity contribution in [2.45, 2.75) is 19.0 Å². The van der Waals surface area contributed by atoms with E-state index in [1.54, 1.807) is 41.8 Å². The minimum absolute atomic E-state index is 0.266. The maximum absolute atomic E-state index is 13.1. The number of nitrogens with one attached hydrogen (secondary N) is 1. The van der Waals surface area contributed by atoms with Crippen molar-refractivity contribution in [1.82, 2.24) is 0 Å². The van der Waals surface area contributed by atoms with Gasteiger partial charge in [-0.1, -0.05) is 12.1 Å². The van der Waals surface area contributed by atoms with Gasteiger partial charge in [-0.2, -0.15) is 13.2 Å². The van der Waals surface area contributed by atoms with Crippen LogP contribution in [-0.2, 0) is 12.6 Å². The molecule has 0 aliphatic carbocycles. The predicted octanol–water partition coefficient (Wildman–Crippen LogP) is 5.61. The summed E-state index contributed by atoms with van der Waals surface area (Å²) in [7, 11) is 0. The molecule has 0 atom stereocenters. The summed E-state index contributed by atoms with van der Waals surface area (Å²) in [5, 5.41) is 4.56. The topological polar surface area (TPSA) is 49.4 Å². The van der Waals surface area contributed by atoms with Gasteiger partial charge < -0.3 is 10.2 Å². The van der Waals surface area contributed by atoms with E-state index in [0.717, 1.165) is 12.1 Å². The standard InChI is InChI=1S/C22H17F3N2O2S/c23-22(24,25)16-8-9-18-14(12-16)5-2-10-27(18)21(29)15-4-1-6-17(13-15)26-20(28)19-7-3-11-30-19/h1,3-4,6-9,11-13H,2,5,10H2,(H,26,28). The van der Waals surface area contributed by atoms with Gasteiger partial charge in [0.25, 0.3) is 11.8 Å². The average Bonchev–Trinajstić information content (AvgIpc) is 3.27. The van der Waals surface area contributed by atoms with Crippen LogP contribution in [0.1, 0.15) is 37.6 Å². The van der Waals surface area contributed by atoms with E-state index in [9.17, 15) is 22.8 Å². The summed E-state index contributed by atoms with van der Waals surface area (Å²) in [6.45, 7) is 0.420. The second kappa shape index (κ2) is 7.95. The Balaban J connectivity index is 1.58. The number of amides is 2. The van der Waals surface area contributed by atoms with Gasteiger partial charge in [-0.15, -0.1) is 11.3 Å². The quantitative estimate of drug-likeness (QED) is 0.587. The number of anilines is 2. The lowest BCUT2D eigenvalue weighted by Crippen LogP contribution is -2.35. The summed E-state index contributed by atoms with van der Waals surface area (Å²) in [4.78, 5) is 27.4. The second-order valence-electron chi connectivity index (χ2n) is 6.91. The molecule has 1 aromatic heterocycles. The van der Waals surface area contributed by atoms with Crippen molar-refractivity contribution in [3.05, 3.63) is 81.5 Å². The first-order chi connectivity index (χ1) is 14.3. The van der Waals surface area contributed by atoms with E-state index in [2.05, 4.69) is 5.32 Å². The maximum atomic E-state index is 13.1. The monoisotopic (exact) mass is 430 g/mol. The van der Waals surface area contributed by atoms with E-state index in [1.807, 2.05) is 0 Å². The predicted molar refractivity (Wildman–Crippen MR) is 110 cm³/mol. The van der Waals surface area contributed by atoms with Crippen molar-refractivity contribution < 1.29 is 22.8 Å². The van der Waals surface area contributed by atoms with Gasteiger partial charge in [-0.25, -0.2) is 0 Å². The number of nitrogens with zero attached hydrogens (tertiary/aromatic N) is 1. The number of alkyl halides is 3. The number of halogens is 3. The molecule has 3 aromatic rings. The zero-order valence-electron chi connectivity index (χ0n) is 15.7. The van der Waals surface area contributed by atoms with Gasteiger partial charge in [0.1, 0.15) is 0 Å². The van der Waals surface area contributed by atoms with Crippen LogP contribution in [-0.4, -0.2) is 18.4 Å². The average molecular weight is 430 g/mol. The number of carbonyl (C=O) groups is 2. The molecule has 0 radical (unpaired) electrons. The molecule has 4 rings (SSSR count). The van der Waals surface area contributed by atoms with Crippen LogP contribution in [0.15, 0.2) is 60.0 Å². The number of fused-ring (bicyclic) bond motifs is 1. The summed E-state index contributed by atoms with van der Waals surface area (Å²) in [6.07, 6.45) is -3.36. The minimum atomic E-state index is -4.42. The molecule has 4 nitrogen and oxygen atoms in total. The van der Waals surface area contributed by atoms with Crippen molar-refractivity contribution in [2.75, 3.05) is 16.8 Å². The molecule has 0 fully saturated rings. The minimum Gasteiger partial charge on any atom is -0.321 e. The van der Waals surface area contributed by atoms with Crippen LogP contribution in [0.4, 0.5) is 24.5 Å². The summed E-state index contributed by atoms with van der Waals surface area (Å²) >= 11 is 1.31. The van der Waals surface area contributed by atoms with E-state index >= 15 is 0 Å². The van der Waals surface area contributed by atoms with E-state index in [-0.39, 0.29) is 11.8 Å². The molecule has 2 heterocycles. The van der Waals surface area contributed by atoms with Crippen LogP contribution >= 0.6 is 11.3 Å². The summed E-state index contributed by atoms with van der Waals surface area (Å²) in [5.74, 6) is -0.583. The number of carbonyl (C=O) groups excluding carboxylic acids is 2. The third-order valence-corrected chi connectivity index (χ3v) is 5.75. The van der Waals surface area contributed by atoms with Crippen LogP contribution in [0.2, 0.25) is 0 Å². The summed E-state index contributed by atoms with van der Waals surface area (Å²) < 4.78 is 39.0. The van der Waals surface area contributed by atoms with Gasteiger partial charge in [0.15, 0.2) is 0 Å². The van der Waals surface area contributed by atoms with Crippen LogP contribution in [0.3, 0.4) is 0 Å². The molecule has 0 spiro atoms. The van der Waals surface area contributed by atoms with E-state index in [0.29, 0.717) is 46.8 Å². The molecule has 2 aromatic carbocycles. The lowest BCUT2D eigenvalue weighted by molar-refractivity contribution is -0.137. The number of aryl methyl sites for hydroxylation is 1. The lowest BCUT2D eigenvalue weighted by Gasteiger charge is -2.30. The number of rotatable bonds is 3. The van der Waals surface area contributed by atoms with Crippen molar-refractivity contribution in [1.29, 1.82) is 0 Å². The van der Waals surface area contributed by atoms with Crippen molar-refractivity contribution >= 4 is 34.5 Å². The van der Waals surface area contributed by atoms with Gasteiger partial charge in [0.2, 0.25) is 0 Å². The third kappa shape index (κ3) is 4.09. The van der Waals surface area contributed by atoms with E-state index in [1.165, 1.54) is 22.3 Å².